The van der Waals surface area contributed by atoms with Crippen molar-refractivity contribution in [3.8, 4) is 0 Å². The van der Waals surface area contributed by atoms with Gasteiger partial charge in [0.1, 0.15) is 6.04 Å². The molecule has 0 aliphatic carbocycles. The maximum atomic E-state index is 11.9. The Hall–Kier alpha value is -1.41. The van der Waals surface area contributed by atoms with Gasteiger partial charge in [0.15, 0.2) is 5.11 Å². The number of hydrogen-bond acceptors (Lipinski definition) is 4. The average Bonchev–Trinajstić information content (AvgIpc) is 2.35. The Morgan fingerprint density at radius 1 is 1.35 bits per heavy atom. The monoisotopic (exact) mass is 305 g/mol. The number of carbonyl (C=O) groups is 2. The Balaban J connectivity index is 4.25. The number of aliphatic carboxylic acids is 1. The smallest absolute Gasteiger partial charge is 0.326 e. The van der Waals surface area contributed by atoms with Gasteiger partial charge in [0.25, 0.3) is 0 Å². The van der Waals surface area contributed by atoms with Gasteiger partial charge in [-0.15, -0.1) is 0 Å². The number of nitrogens with one attached hydrogen (secondary N) is 2. The molecule has 1 amide bonds. The summed E-state index contributed by atoms with van der Waals surface area (Å²) in [6, 6.07) is -0.848. The number of ether oxygens (including phenoxy) is 1. The van der Waals surface area contributed by atoms with Gasteiger partial charge in [0.05, 0.1) is 13.2 Å². The SMILES string of the molecule is COCCNC(=S)NCC(=O)N(C)[C@H](C(=O)O)C(C)C. The van der Waals surface area contributed by atoms with Gasteiger partial charge in [-0.25, -0.2) is 4.79 Å². The predicted molar refractivity (Wildman–Crippen MR) is 79.5 cm³/mol. The van der Waals surface area contributed by atoms with Crippen molar-refractivity contribution in [3.05, 3.63) is 0 Å². The number of methoxy groups -OCH3 is 1. The van der Waals surface area contributed by atoms with Crippen LogP contribution in [0.5, 0.6) is 0 Å². The Morgan fingerprint density at radius 3 is 2.40 bits per heavy atom. The molecule has 0 bridgehead atoms. The number of rotatable bonds is 8. The Kier molecular flexibility index (Phi) is 8.82. The third-order valence-corrected chi connectivity index (χ3v) is 2.98. The first-order valence-corrected chi connectivity index (χ1v) is 6.71. The number of carboxylic acid groups (broad SMARTS) is 1. The molecule has 0 rings (SSSR count). The quantitative estimate of drug-likeness (QED) is 0.417. The minimum Gasteiger partial charge on any atom is -0.480 e. The summed E-state index contributed by atoms with van der Waals surface area (Å²) in [7, 11) is 3.05. The molecule has 116 valence electrons. The minimum absolute atomic E-state index is 0.0498. The van der Waals surface area contributed by atoms with Gasteiger partial charge in [0, 0.05) is 20.7 Å². The van der Waals surface area contributed by atoms with Gasteiger partial charge in [-0.2, -0.15) is 0 Å². The van der Waals surface area contributed by atoms with E-state index >= 15 is 0 Å². The largest absolute Gasteiger partial charge is 0.480 e. The van der Waals surface area contributed by atoms with Crippen molar-refractivity contribution in [1.29, 1.82) is 0 Å². The van der Waals surface area contributed by atoms with Crippen LogP contribution in [0.1, 0.15) is 13.8 Å². The molecule has 0 aliphatic heterocycles. The van der Waals surface area contributed by atoms with E-state index in [2.05, 4.69) is 10.6 Å². The fraction of sp³-hybridized carbons (Fsp3) is 0.750. The molecule has 0 heterocycles. The number of carbonyl (C=O) groups excluding carboxylic acids is 1. The Labute approximate surface area is 124 Å². The summed E-state index contributed by atoms with van der Waals surface area (Å²) < 4.78 is 4.85. The van der Waals surface area contributed by atoms with Gasteiger partial charge in [0.2, 0.25) is 5.91 Å². The molecule has 0 saturated heterocycles. The van der Waals surface area contributed by atoms with E-state index in [-0.39, 0.29) is 18.4 Å². The maximum Gasteiger partial charge on any atom is 0.326 e. The molecular weight excluding hydrogens is 282 g/mol. The van der Waals surface area contributed by atoms with Crippen LogP contribution in [-0.4, -0.2) is 66.9 Å². The van der Waals surface area contributed by atoms with Crippen molar-refractivity contribution in [1.82, 2.24) is 15.5 Å². The summed E-state index contributed by atoms with van der Waals surface area (Å²) in [5, 5.41) is 15.0. The molecule has 3 N–H and O–H groups in total. The first-order chi connectivity index (χ1) is 9.31. The Bertz CT molecular complexity index is 350. The fourth-order valence-corrected chi connectivity index (χ4v) is 1.84. The number of nitrogens with zero attached hydrogens (tertiary/aromatic N) is 1. The molecule has 0 aliphatic rings. The standard InChI is InChI=1S/C12H23N3O4S/c1-8(2)10(11(17)18)15(3)9(16)7-14-12(20)13-5-6-19-4/h8,10H,5-7H2,1-4H3,(H,17,18)(H2,13,14,20)/t10-/m0/s1. The van der Waals surface area contributed by atoms with Crippen LogP contribution in [0, 0.1) is 5.92 Å². The molecule has 0 aromatic carbocycles. The van der Waals surface area contributed by atoms with E-state index in [0.717, 1.165) is 0 Å². The molecule has 0 saturated carbocycles. The normalized spacial score (nSPS) is 11.8. The predicted octanol–water partition coefficient (Wildman–Crippen LogP) is -0.335. The van der Waals surface area contributed by atoms with Gasteiger partial charge < -0.3 is 25.4 Å². The van der Waals surface area contributed by atoms with Crippen molar-refractivity contribution >= 4 is 29.2 Å². The second-order valence-electron chi connectivity index (χ2n) is 4.63. The number of likely N-dealkylation sites (N-methyl/N-ethyl adjacent to an activating group) is 1. The third kappa shape index (κ3) is 6.67. The first-order valence-electron chi connectivity index (χ1n) is 6.30. The van der Waals surface area contributed by atoms with Gasteiger partial charge in [-0.1, -0.05) is 13.8 Å². The zero-order chi connectivity index (χ0) is 15.7. The van der Waals surface area contributed by atoms with E-state index in [1.165, 1.54) is 11.9 Å². The van der Waals surface area contributed by atoms with Crippen LogP contribution < -0.4 is 10.6 Å². The van der Waals surface area contributed by atoms with Crippen LogP contribution in [0.15, 0.2) is 0 Å². The maximum absolute atomic E-state index is 11.9. The number of thiocarbonyl (C=S) groups is 1. The molecule has 0 unspecified atom stereocenters. The summed E-state index contributed by atoms with van der Waals surface area (Å²) >= 11 is 4.98. The fourth-order valence-electron chi connectivity index (χ4n) is 1.66. The third-order valence-electron chi connectivity index (χ3n) is 2.69. The molecule has 0 aromatic heterocycles. The van der Waals surface area contributed by atoms with E-state index in [1.807, 2.05) is 0 Å². The van der Waals surface area contributed by atoms with E-state index < -0.39 is 12.0 Å². The van der Waals surface area contributed by atoms with Crippen LogP contribution in [0.4, 0.5) is 0 Å². The van der Waals surface area contributed by atoms with Gasteiger partial charge in [-0.05, 0) is 18.1 Å². The highest BCUT2D eigenvalue weighted by molar-refractivity contribution is 7.80. The lowest BCUT2D eigenvalue weighted by molar-refractivity contribution is -0.150. The molecule has 7 nitrogen and oxygen atoms in total. The summed E-state index contributed by atoms with van der Waals surface area (Å²) in [5.41, 5.74) is 0. The minimum atomic E-state index is -1.02. The second kappa shape index (κ2) is 9.49. The second-order valence-corrected chi connectivity index (χ2v) is 5.04. The lowest BCUT2D eigenvalue weighted by atomic mass is 10.0. The van der Waals surface area contributed by atoms with Crippen molar-refractivity contribution in [3.63, 3.8) is 0 Å². The van der Waals surface area contributed by atoms with Gasteiger partial charge >= 0.3 is 5.97 Å². The molecular formula is C12H23N3O4S. The van der Waals surface area contributed by atoms with Crippen LogP contribution in [0.3, 0.4) is 0 Å². The number of hydrogen-bond donors (Lipinski definition) is 3. The van der Waals surface area contributed by atoms with Crippen LogP contribution in [0.2, 0.25) is 0 Å². The number of carboxylic acids is 1. The zero-order valence-electron chi connectivity index (χ0n) is 12.3. The van der Waals surface area contributed by atoms with Crippen molar-refractivity contribution in [2.24, 2.45) is 5.92 Å². The highest BCUT2D eigenvalue weighted by atomic mass is 32.1. The van der Waals surface area contributed by atoms with Gasteiger partial charge in [-0.3, -0.25) is 4.79 Å². The lowest BCUT2D eigenvalue weighted by Crippen LogP contribution is -2.50. The molecule has 8 heteroatoms. The first kappa shape index (κ1) is 18.6. The van der Waals surface area contributed by atoms with E-state index in [1.54, 1.807) is 21.0 Å². The zero-order valence-corrected chi connectivity index (χ0v) is 13.1. The van der Waals surface area contributed by atoms with Crippen LogP contribution >= 0.6 is 12.2 Å². The van der Waals surface area contributed by atoms with Crippen LogP contribution in [0.25, 0.3) is 0 Å². The summed E-state index contributed by atoms with van der Waals surface area (Å²) in [6.07, 6.45) is 0. The summed E-state index contributed by atoms with van der Waals surface area (Å²) in [5.74, 6) is -1.52. The average molecular weight is 305 g/mol. The van der Waals surface area contributed by atoms with Crippen molar-refractivity contribution < 1.29 is 19.4 Å². The summed E-state index contributed by atoms with van der Waals surface area (Å²) in [6.45, 7) is 4.51. The number of amides is 1. The highest BCUT2D eigenvalue weighted by Crippen LogP contribution is 2.09. The molecule has 0 fully saturated rings. The van der Waals surface area contributed by atoms with E-state index in [4.69, 9.17) is 22.1 Å². The topological polar surface area (TPSA) is 90.9 Å². The molecule has 1 atom stereocenters. The highest BCUT2D eigenvalue weighted by Gasteiger charge is 2.29. The summed E-state index contributed by atoms with van der Waals surface area (Å²) in [4.78, 5) is 24.3. The van der Waals surface area contributed by atoms with E-state index in [9.17, 15) is 9.59 Å². The molecule has 0 spiro atoms. The molecule has 20 heavy (non-hydrogen) atoms. The lowest BCUT2D eigenvalue weighted by Gasteiger charge is -2.28. The van der Waals surface area contributed by atoms with Crippen molar-refractivity contribution in [2.75, 3.05) is 33.9 Å². The van der Waals surface area contributed by atoms with E-state index in [0.29, 0.717) is 18.3 Å². The molecule has 0 aromatic rings. The Morgan fingerprint density at radius 2 is 1.95 bits per heavy atom. The molecule has 0 radical (unpaired) electrons. The van der Waals surface area contributed by atoms with Crippen LogP contribution in [-0.2, 0) is 14.3 Å². The van der Waals surface area contributed by atoms with Crippen molar-refractivity contribution in [2.45, 2.75) is 19.9 Å².